The number of thiazole rings is 1. The first-order valence-corrected chi connectivity index (χ1v) is 9.28. The fourth-order valence-corrected chi connectivity index (χ4v) is 3.80. The molecule has 1 amide bonds. The van der Waals surface area contributed by atoms with Crippen LogP contribution in [0.5, 0.6) is 0 Å². The summed E-state index contributed by atoms with van der Waals surface area (Å²) in [5, 5.41) is 6.26. The largest absolute Gasteiger partial charge is 0.465 e. The van der Waals surface area contributed by atoms with Crippen molar-refractivity contribution in [2.75, 3.05) is 12.4 Å². The number of amides is 1. The molecule has 0 aliphatic heterocycles. The van der Waals surface area contributed by atoms with Crippen LogP contribution in [-0.4, -0.2) is 29.1 Å². The van der Waals surface area contributed by atoms with E-state index in [4.69, 9.17) is 17.0 Å². The molecule has 0 aliphatic carbocycles. The van der Waals surface area contributed by atoms with Gasteiger partial charge in [0.15, 0.2) is 10.2 Å². The minimum Gasteiger partial charge on any atom is -0.465 e. The molecule has 0 fully saturated rings. The van der Waals surface area contributed by atoms with E-state index in [0.29, 0.717) is 16.3 Å². The van der Waals surface area contributed by atoms with Gasteiger partial charge in [-0.2, -0.15) is 0 Å². The summed E-state index contributed by atoms with van der Waals surface area (Å²) >= 11 is 6.54. The predicted molar refractivity (Wildman–Crippen MR) is 111 cm³/mol. The highest BCUT2D eigenvalue weighted by Crippen LogP contribution is 2.27. The molecule has 0 bridgehead atoms. The number of carbonyl (C=O) groups is 2. The lowest BCUT2D eigenvalue weighted by Crippen LogP contribution is -2.34. The van der Waals surface area contributed by atoms with Crippen LogP contribution in [-0.2, 0) is 4.74 Å². The van der Waals surface area contributed by atoms with Gasteiger partial charge in [0.2, 0.25) is 0 Å². The van der Waals surface area contributed by atoms with E-state index in [1.807, 2.05) is 19.9 Å². The van der Waals surface area contributed by atoms with Crippen LogP contribution >= 0.6 is 23.6 Å². The number of carbonyl (C=O) groups excluding carboxylic acids is 2. The molecule has 0 saturated carbocycles. The molecule has 1 aromatic heterocycles. The van der Waals surface area contributed by atoms with Crippen molar-refractivity contribution in [1.82, 2.24) is 10.3 Å². The number of esters is 1. The number of methoxy groups -OCH3 is 1. The fourth-order valence-electron chi connectivity index (χ4n) is 2.63. The summed E-state index contributed by atoms with van der Waals surface area (Å²) in [4.78, 5) is 28.4. The number of aryl methyl sites for hydroxylation is 2. The van der Waals surface area contributed by atoms with Gasteiger partial charge >= 0.3 is 5.97 Å². The molecule has 0 spiro atoms. The molecule has 6 nitrogen and oxygen atoms in total. The van der Waals surface area contributed by atoms with E-state index in [9.17, 15) is 9.59 Å². The quantitative estimate of drug-likeness (QED) is 0.515. The Kier molecular flexibility index (Phi) is 5.48. The molecule has 8 heteroatoms. The van der Waals surface area contributed by atoms with Gasteiger partial charge in [-0.3, -0.25) is 10.1 Å². The van der Waals surface area contributed by atoms with Crippen LogP contribution < -0.4 is 10.6 Å². The van der Waals surface area contributed by atoms with Crippen LogP contribution in [0, 0.1) is 13.8 Å². The van der Waals surface area contributed by atoms with Crippen molar-refractivity contribution in [2.24, 2.45) is 0 Å². The zero-order valence-corrected chi connectivity index (χ0v) is 16.6. The lowest BCUT2D eigenvalue weighted by molar-refractivity contribution is 0.0601. The third-order valence-corrected chi connectivity index (χ3v) is 4.88. The first-order chi connectivity index (χ1) is 12.9. The van der Waals surface area contributed by atoms with Crippen LogP contribution in [0.1, 0.15) is 31.8 Å². The summed E-state index contributed by atoms with van der Waals surface area (Å²) < 4.78 is 5.53. The molecule has 3 aromatic rings. The topological polar surface area (TPSA) is 80.3 Å². The average Bonchev–Trinajstić information content (AvgIpc) is 3.01. The number of anilines is 1. The van der Waals surface area contributed by atoms with Crippen molar-refractivity contribution in [3.8, 4) is 0 Å². The Morgan fingerprint density at radius 2 is 1.78 bits per heavy atom. The van der Waals surface area contributed by atoms with Gasteiger partial charge in [-0.15, -0.1) is 0 Å². The van der Waals surface area contributed by atoms with Gasteiger partial charge in [-0.25, -0.2) is 9.78 Å². The molecule has 0 radical (unpaired) electrons. The highest BCUT2D eigenvalue weighted by Gasteiger charge is 2.12. The monoisotopic (exact) mass is 399 g/mol. The van der Waals surface area contributed by atoms with E-state index >= 15 is 0 Å². The summed E-state index contributed by atoms with van der Waals surface area (Å²) in [5.41, 5.74) is 3.73. The van der Waals surface area contributed by atoms with E-state index in [2.05, 4.69) is 15.6 Å². The maximum atomic E-state index is 12.4. The number of ether oxygens (including phenoxy) is 1. The standard InChI is InChI=1S/C19H17N3O3S2/c1-10-6-11(2)8-13(7-10)16(23)21-18(26)22-19-20-14-5-4-12(17(24)25-3)9-15(14)27-19/h4-9H,1-3H3,(H2,20,21,22,23,26). The smallest absolute Gasteiger partial charge is 0.337 e. The Labute approximate surface area is 165 Å². The van der Waals surface area contributed by atoms with Crippen molar-refractivity contribution in [1.29, 1.82) is 0 Å². The second-order valence-electron chi connectivity index (χ2n) is 5.98. The Bertz CT molecular complexity index is 1040. The first kappa shape index (κ1) is 18.9. The number of hydrogen-bond acceptors (Lipinski definition) is 6. The predicted octanol–water partition coefficient (Wildman–Crippen LogP) is 3.83. The summed E-state index contributed by atoms with van der Waals surface area (Å²) in [7, 11) is 1.34. The molecule has 138 valence electrons. The molecule has 27 heavy (non-hydrogen) atoms. The highest BCUT2D eigenvalue weighted by molar-refractivity contribution is 7.80. The zero-order chi connectivity index (χ0) is 19.6. The Balaban J connectivity index is 1.71. The molecule has 1 heterocycles. The molecule has 3 rings (SSSR count). The third-order valence-electron chi connectivity index (χ3n) is 3.74. The van der Waals surface area contributed by atoms with Gasteiger partial charge in [0.25, 0.3) is 5.91 Å². The number of aromatic nitrogens is 1. The van der Waals surface area contributed by atoms with Gasteiger partial charge in [0.1, 0.15) is 0 Å². The number of benzene rings is 2. The molecule has 0 unspecified atom stereocenters. The Hall–Kier alpha value is -2.84. The summed E-state index contributed by atoms with van der Waals surface area (Å²) in [5.74, 6) is -0.690. The van der Waals surface area contributed by atoms with E-state index < -0.39 is 5.97 Å². The van der Waals surface area contributed by atoms with Crippen molar-refractivity contribution >= 4 is 55.9 Å². The van der Waals surface area contributed by atoms with Crippen LogP contribution in [0.25, 0.3) is 10.2 Å². The number of fused-ring (bicyclic) bond motifs is 1. The lowest BCUT2D eigenvalue weighted by Gasteiger charge is -2.08. The fraction of sp³-hybridized carbons (Fsp3) is 0.158. The number of hydrogen-bond donors (Lipinski definition) is 2. The maximum Gasteiger partial charge on any atom is 0.337 e. The highest BCUT2D eigenvalue weighted by atomic mass is 32.1. The van der Waals surface area contributed by atoms with Crippen LogP contribution in [0.4, 0.5) is 5.13 Å². The minimum absolute atomic E-state index is 0.159. The number of nitrogens with one attached hydrogen (secondary N) is 2. The van der Waals surface area contributed by atoms with Gasteiger partial charge in [-0.05, 0) is 56.4 Å². The van der Waals surface area contributed by atoms with Crippen molar-refractivity contribution in [3.63, 3.8) is 0 Å². The summed E-state index contributed by atoms with van der Waals surface area (Å²) in [6.45, 7) is 3.87. The van der Waals surface area contributed by atoms with Crippen LogP contribution in [0.3, 0.4) is 0 Å². The van der Waals surface area contributed by atoms with E-state index in [-0.39, 0.29) is 11.0 Å². The SMILES string of the molecule is COC(=O)c1ccc2nc(NC(=S)NC(=O)c3cc(C)cc(C)c3)sc2c1. The van der Waals surface area contributed by atoms with Crippen LogP contribution in [0.2, 0.25) is 0 Å². The number of rotatable bonds is 3. The molecular formula is C19H17N3O3S2. The molecule has 0 atom stereocenters. The van der Waals surface area contributed by atoms with Crippen molar-refractivity contribution in [3.05, 3.63) is 58.7 Å². The molecule has 0 aliphatic rings. The second-order valence-corrected chi connectivity index (χ2v) is 7.42. The number of nitrogens with zero attached hydrogens (tertiary/aromatic N) is 1. The van der Waals surface area contributed by atoms with Gasteiger partial charge < -0.3 is 10.1 Å². The molecule has 2 aromatic carbocycles. The molecular weight excluding hydrogens is 382 g/mol. The molecule has 0 saturated heterocycles. The summed E-state index contributed by atoms with van der Waals surface area (Å²) in [6.07, 6.45) is 0. The van der Waals surface area contributed by atoms with Crippen LogP contribution in [0.15, 0.2) is 36.4 Å². The Morgan fingerprint density at radius 1 is 1.07 bits per heavy atom. The van der Waals surface area contributed by atoms with E-state index in [1.54, 1.807) is 30.3 Å². The molecule has 2 N–H and O–H groups in total. The van der Waals surface area contributed by atoms with Crippen molar-refractivity contribution < 1.29 is 14.3 Å². The van der Waals surface area contributed by atoms with Gasteiger partial charge in [0, 0.05) is 5.56 Å². The average molecular weight is 399 g/mol. The Morgan fingerprint density at radius 3 is 2.44 bits per heavy atom. The zero-order valence-electron chi connectivity index (χ0n) is 15.0. The summed E-state index contributed by atoms with van der Waals surface area (Å²) in [6, 6.07) is 10.7. The normalized spacial score (nSPS) is 10.5. The maximum absolute atomic E-state index is 12.4. The number of thiocarbonyl (C=S) groups is 1. The minimum atomic E-state index is -0.406. The van der Waals surface area contributed by atoms with Gasteiger partial charge in [0.05, 0.1) is 22.9 Å². The lowest BCUT2D eigenvalue weighted by atomic mass is 10.1. The van der Waals surface area contributed by atoms with E-state index in [1.165, 1.54) is 18.4 Å². The second kappa shape index (κ2) is 7.81. The van der Waals surface area contributed by atoms with Gasteiger partial charge in [-0.1, -0.05) is 28.5 Å². The third kappa shape index (κ3) is 4.47. The van der Waals surface area contributed by atoms with Crippen molar-refractivity contribution in [2.45, 2.75) is 13.8 Å². The van der Waals surface area contributed by atoms with E-state index in [0.717, 1.165) is 21.3 Å². The first-order valence-electron chi connectivity index (χ1n) is 8.05.